The highest BCUT2D eigenvalue weighted by Crippen LogP contribution is 2.13. The Kier molecular flexibility index (Phi) is 7.95. The van der Waals surface area contributed by atoms with Crippen LogP contribution in [-0.4, -0.2) is 38.8 Å². The van der Waals surface area contributed by atoms with Crippen molar-refractivity contribution in [1.82, 2.24) is 10.6 Å². The summed E-state index contributed by atoms with van der Waals surface area (Å²) >= 11 is 0. The quantitative estimate of drug-likeness (QED) is 0.525. The maximum atomic E-state index is 11.6. The van der Waals surface area contributed by atoms with Crippen LogP contribution in [0.1, 0.15) is 12.5 Å². The summed E-state index contributed by atoms with van der Waals surface area (Å²) < 4.78 is 10.5. The lowest BCUT2D eigenvalue weighted by atomic mass is 10.2. The number of benzene rings is 1. The SMILES string of the molecule is C#CCNC(=O)C(C)Oc1ccc(CNCCOC)cc1. The highest BCUT2D eigenvalue weighted by molar-refractivity contribution is 5.80. The molecule has 0 saturated carbocycles. The average molecular weight is 290 g/mol. The summed E-state index contributed by atoms with van der Waals surface area (Å²) in [5, 5.41) is 5.84. The van der Waals surface area contributed by atoms with E-state index in [2.05, 4.69) is 16.6 Å². The van der Waals surface area contributed by atoms with Crippen LogP contribution in [0, 0.1) is 12.3 Å². The Balaban J connectivity index is 2.40. The van der Waals surface area contributed by atoms with Crippen LogP contribution in [0.3, 0.4) is 0 Å². The Hall–Kier alpha value is -2.03. The summed E-state index contributed by atoms with van der Waals surface area (Å²) in [5.74, 6) is 2.78. The minimum atomic E-state index is -0.580. The predicted octanol–water partition coefficient (Wildman–Crippen LogP) is 0.939. The molecule has 1 amide bonds. The Morgan fingerprint density at radius 2 is 2.10 bits per heavy atom. The lowest BCUT2D eigenvalue weighted by molar-refractivity contribution is -0.126. The highest BCUT2D eigenvalue weighted by Gasteiger charge is 2.13. The topological polar surface area (TPSA) is 59.6 Å². The van der Waals surface area contributed by atoms with E-state index in [1.54, 1.807) is 14.0 Å². The van der Waals surface area contributed by atoms with Crippen molar-refractivity contribution in [2.45, 2.75) is 19.6 Å². The van der Waals surface area contributed by atoms with Gasteiger partial charge in [0.25, 0.3) is 5.91 Å². The van der Waals surface area contributed by atoms with Gasteiger partial charge in [-0.1, -0.05) is 18.1 Å². The zero-order chi connectivity index (χ0) is 15.5. The number of ether oxygens (including phenoxy) is 2. The number of amides is 1. The molecule has 1 rings (SSSR count). The number of nitrogens with one attached hydrogen (secondary N) is 2. The Bertz CT molecular complexity index is 465. The van der Waals surface area contributed by atoms with Crippen molar-refractivity contribution in [1.29, 1.82) is 0 Å². The van der Waals surface area contributed by atoms with Crippen LogP contribution < -0.4 is 15.4 Å². The number of methoxy groups -OCH3 is 1. The minimum absolute atomic E-state index is 0.207. The van der Waals surface area contributed by atoms with Gasteiger partial charge < -0.3 is 20.1 Å². The van der Waals surface area contributed by atoms with E-state index in [9.17, 15) is 4.79 Å². The second-order valence-electron chi connectivity index (χ2n) is 4.50. The monoisotopic (exact) mass is 290 g/mol. The second-order valence-corrected chi connectivity index (χ2v) is 4.50. The fourth-order valence-corrected chi connectivity index (χ4v) is 1.63. The molecule has 2 N–H and O–H groups in total. The van der Waals surface area contributed by atoms with Crippen LogP contribution in [0.5, 0.6) is 5.75 Å². The molecular formula is C16H22N2O3. The van der Waals surface area contributed by atoms with E-state index >= 15 is 0 Å². The van der Waals surface area contributed by atoms with Gasteiger partial charge in [0.05, 0.1) is 13.2 Å². The zero-order valence-electron chi connectivity index (χ0n) is 12.5. The normalized spacial score (nSPS) is 11.5. The fraction of sp³-hybridized carbons (Fsp3) is 0.438. The summed E-state index contributed by atoms with van der Waals surface area (Å²) in [4.78, 5) is 11.6. The number of rotatable bonds is 9. The smallest absolute Gasteiger partial charge is 0.261 e. The highest BCUT2D eigenvalue weighted by atomic mass is 16.5. The number of hydrogen-bond donors (Lipinski definition) is 2. The molecule has 0 radical (unpaired) electrons. The third-order valence-corrected chi connectivity index (χ3v) is 2.78. The maximum Gasteiger partial charge on any atom is 0.261 e. The first kappa shape index (κ1) is 17.0. The van der Waals surface area contributed by atoms with Gasteiger partial charge in [0.2, 0.25) is 0 Å². The lowest BCUT2D eigenvalue weighted by Gasteiger charge is -2.14. The molecule has 0 saturated heterocycles. The number of carbonyl (C=O) groups excluding carboxylic acids is 1. The summed E-state index contributed by atoms with van der Waals surface area (Å²) in [7, 11) is 1.68. The molecule has 0 aliphatic carbocycles. The molecule has 1 atom stereocenters. The summed E-state index contributed by atoms with van der Waals surface area (Å²) in [6.45, 7) is 4.15. The molecule has 1 aromatic carbocycles. The molecular weight excluding hydrogens is 268 g/mol. The first-order valence-corrected chi connectivity index (χ1v) is 6.83. The summed E-state index contributed by atoms with van der Waals surface area (Å²) in [6, 6.07) is 7.61. The molecule has 21 heavy (non-hydrogen) atoms. The number of terminal acetylenes is 1. The van der Waals surface area contributed by atoms with Crippen LogP contribution >= 0.6 is 0 Å². The van der Waals surface area contributed by atoms with Crippen LogP contribution in [-0.2, 0) is 16.1 Å². The van der Waals surface area contributed by atoms with Crippen molar-refractivity contribution < 1.29 is 14.3 Å². The summed E-state index contributed by atoms with van der Waals surface area (Å²) in [6.07, 6.45) is 4.51. The molecule has 114 valence electrons. The third-order valence-electron chi connectivity index (χ3n) is 2.78. The fourth-order valence-electron chi connectivity index (χ4n) is 1.63. The van der Waals surface area contributed by atoms with Crippen LogP contribution in [0.2, 0.25) is 0 Å². The van der Waals surface area contributed by atoms with Crippen LogP contribution in [0.15, 0.2) is 24.3 Å². The molecule has 1 unspecified atom stereocenters. The van der Waals surface area contributed by atoms with E-state index in [4.69, 9.17) is 15.9 Å². The van der Waals surface area contributed by atoms with Gasteiger partial charge in [0, 0.05) is 20.2 Å². The predicted molar refractivity (Wildman–Crippen MR) is 82.0 cm³/mol. The first-order chi connectivity index (χ1) is 10.2. The standard InChI is InChI=1S/C16H22N2O3/c1-4-9-18-16(19)13(2)21-15-7-5-14(6-8-15)12-17-10-11-20-3/h1,5-8,13,17H,9-12H2,2-3H3,(H,18,19). The van der Waals surface area contributed by atoms with Crippen LogP contribution in [0.4, 0.5) is 0 Å². The van der Waals surface area contributed by atoms with Crippen molar-refractivity contribution in [2.24, 2.45) is 0 Å². The van der Waals surface area contributed by atoms with Crippen molar-refractivity contribution in [3.05, 3.63) is 29.8 Å². The van der Waals surface area contributed by atoms with Gasteiger partial charge in [-0.25, -0.2) is 0 Å². The lowest BCUT2D eigenvalue weighted by Crippen LogP contribution is -2.36. The molecule has 1 aromatic rings. The first-order valence-electron chi connectivity index (χ1n) is 6.83. The molecule has 0 aliphatic rings. The van der Waals surface area contributed by atoms with E-state index < -0.39 is 6.10 Å². The van der Waals surface area contributed by atoms with E-state index in [0.717, 1.165) is 18.7 Å². The van der Waals surface area contributed by atoms with Gasteiger partial charge in [0.1, 0.15) is 5.75 Å². The minimum Gasteiger partial charge on any atom is -0.481 e. The Morgan fingerprint density at radius 3 is 2.71 bits per heavy atom. The Labute approximate surface area is 126 Å². The van der Waals surface area contributed by atoms with E-state index in [0.29, 0.717) is 12.4 Å². The van der Waals surface area contributed by atoms with Crippen LogP contribution in [0.25, 0.3) is 0 Å². The third kappa shape index (κ3) is 6.80. The van der Waals surface area contributed by atoms with Gasteiger partial charge in [-0.3, -0.25) is 4.79 Å². The Morgan fingerprint density at radius 1 is 1.38 bits per heavy atom. The van der Waals surface area contributed by atoms with Gasteiger partial charge >= 0.3 is 0 Å². The van der Waals surface area contributed by atoms with Gasteiger partial charge in [-0.15, -0.1) is 6.42 Å². The maximum absolute atomic E-state index is 11.6. The van der Waals surface area contributed by atoms with Gasteiger partial charge in [0.15, 0.2) is 6.10 Å². The molecule has 0 bridgehead atoms. The molecule has 0 spiro atoms. The van der Waals surface area contributed by atoms with Crippen molar-refractivity contribution >= 4 is 5.91 Å². The second kappa shape index (κ2) is 9.81. The largest absolute Gasteiger partial charge is 0.481 e. The molecule has 5 heteroatoms. The summed E-state index contributed by atoms with van der Waals surface area (Å²) in [5.41, 5.74) is 1.14. The number of carbonyl (C=O) groups is 1. The van der Waals surface area contributed by atoms with E-state index in [1.807, 2.05) is 24.3 Å². The average Bonchev–Trinajstić information content (AvgIpc) is 2.50. The molecule has 5 nitrogen and oxygen atoms in total. The number of hydrogen-bond acceptors (Lipinski definition) is 4. The van der Waals surface area contributed by atoms with Crippen molar-refractivity contribution in [3.8, 4) is 18.1 Å². The molecule has 0 aliphatic heterocycles. The molecule has 0 heterocycles. The van der Waals surface area contributed by atoms with E-state index in [-0.39, 0.29) is 12.5 Å². The van der Waals surface area contributed by atoms with Gasteiger partial charge in [-0.2, -0.15) is 0 Å². The van der Waals surface area contributed by atoms with Crippen molar-refractivity contribution in [3.63, 3.8) is 0 Å². The zero-order valence-corrected chi connectivity index (χ0v) is 12.5. The molecule has 0 aromatic heterocycles. The van der Waals surface area contributed by atoms with E-state index in [1.165, 1.54) is 0 Å². The van der Waals surface area contributed by atoms with Gasteiger partial charge in [-0.05, 0) is 24.6 Å². The molecule has 0 fully saturated rings. The van der Waals surface area contributed by atoms with Crippen molar-refractivity contribution in [2.75, 3.05) is 26.8 Å².